The third kappa shape index (κ3) is 5.04. The fourth-order valence-electron chi connectivity index (χ4n) is 4.55. The molecule has 1 amide bonds. The van der Waals surface area contributed by atoms with Crippen LogP contribution in [-0.4, -0.2) is 37.7 Å². The molecule has 0 aliphatic heterocycles. The monoisotopic (exact) mass is 498 g/mol. The topological polar surface area (TPSA) is 99.9 Å². The van der Waals surface area contributed by atoms with E-state index in [4.69, 9.17) is 23.6 Å². The van der Waals surface area contributed by atoms with Gasteiger partial charge in [0.05, 0.1) is 42.9 Å². The Kier molecular flexibility index (Phi) is 6.89. The zero-order chi connectivity index (χ0) is 25.8. The van der Waals surface area contributed by atoms with Gasteiger partial charge in [-0.3, -0.25) is 4.79 Å². The Morgan fingerprint density at radius 2 is 1.92 bits per heavy atom. The molecule has 2 heterocycles. The van der Waals surface area contributed by atoms with Crippen molar-refractivity contribution in [3.8, 4) is 11.5 Å². The summed E-state index contributed by atoms with van der Waals surface area (Å²) in [6, 6.07) is 16.2. The van der Waals surface area contributed by atoms with E-state index in [2.05, 4.69) is 5.32 Å². The SMILES string of the molecule is COc1ccc(OC)c(NC(=O)COC(=O)c2c3c(nc4ccccc24)/C(=C/c2ccco2)CCC3)c1. The lowest BCUT2D eigenvalue weighted by Gasteiger charge is -2.22. The number of furan rings is 1. The highest BCUT2D eigenvalue weighted by atomic mass is 16.5. The maximum atomic E-state index is 13.4. The Morgan fingerprint density at radius 3 is 2.70 bits per heavy atom. The highest BCUT2D eigenvalue weighted by Crippen LogP contribution is 2.36. The lowest BCUT2D eigenvalue weighted by Crippen LogP contribution is -2.23. The molecular formula is C29H26N2O6. The summed E-state index contributed by atoms with van der Waals surface area (Å²) in [5.74, 6) is 0.686. The molecule has 0 bridgehead atoms. The first-order chi connectivity index (χ1) is 18.1. The van der Waals surface area contributed by atoms with E-state index in [9.17, 15) is 9.59 Å². The summed E-state index contributed by atoms with van der Waals surface area (Å²) in [5, 5.41) is 3.42. The van der Waals surface area contributed by atoms with Gasteiger partial charge in [-0.2, -0.15) is 0 Å². The summed E-state index contributed by atoms with van der Waals surface area (Å²) < 4.78 is 21.5. The van der Waals surface area contributed by atoms with Crippen LogP contribution >= 0.6 is 0 Å². The van der Waals surface area contributed by atoms with E-state index in [-0.39, 0.29) is 0 Å². The Labute approximate surface area is 213 Å². The summed E-state index contributed by atoms with van der Waals surface area (Å²) in [7, 11) is 3.04. The number of hydrogen-bond acceptors (Lipinski definition) is 7. The van der Waals surface area contributed by atoms with E-state index in [0.717, 1.165) is 35.4 Å². The molecular weight excluding hydrogens is 472 g/mol. The third-order valence-corrected chi connectivity index (χ3v) is 6.25. The number of methoxy groups -OCH3 is 2. The van der Waals surface area contributed by atoms with Gasteiger partial charge in [-0.05, 0) is 66.8 Å². The molecule has 0 atom stereocenters. The molecule has 8 heteroatoms. The number of para-hydroxylation sites is 1. The fourth-order valence-corrected chi connectivity index (χ4v) is 4.55. The molecule has 0 radical (unpaired) electrons. The number of rotatable bonds is 7. The summed E-state index contributed by atoms with van der Waals surface area (Å²) in [6.45, 7) is -0.459. The summed E-state index contributed by atoms with van der Waals surface area (Å²) in [6.07, 6.45) is 5.94. The van der Waals surface area contributed by atoms with Gasteiger partial charge in [-0.15, -0.1) is 0 Å². The number of fused-ring (bicyclic) bond motifs is 2. The molecule has 188 valence electrons. The van der Waals surface area contributed by atoms with Gasteiger partial charge in [-0.1, -0.05) is 18.2 Å². The number of aromatic nitrogens is 1. The molecule has 37 heavy (non-hydrogen) atoms. The van der Waals surface area contributed by atoms with Crippen molar-refractivity contribution in [2.75, 3.05) is 26.1 Å². The van der Waals surface area contributed by atoms with Crippen LogP contribution in [0, 0.1) is 0 Å². The third-order valence-electron chi connectivity index (χ3n) is 6.25. The van der Waals surface area contributed by atoms with Crippen LogP contribution in [0.5, 0.6) is 11.5 Å². The molecule has 0 saturated heterocycles. The molecule has 2 aromatic carbocycles. The highest BCUT2D eigenvalue weighted by molar-refractivity contribution is 6.07. The number of nitrogens with zero attached hydrogens (tertiary/aromatic N) is 1. The standard InChI is InChI=1S/C29H26N2O6/c1-34-19-12-13-25(35-2)24(16-19)30-26(32)17-37-29(33)27-21-9-3-4-11-23(21)31-28-18(7-5-10-22(27)28)15-20-8-6-14-36-20/h3-4,6,8-9,11-16H,5,7,10,17H2,1-2H3,(H,30,32)/b18-15+. The predicted molar refractivity (Wildman–Crippen MR) is 140 cm³/mol. The fraction of sp³-hybridized carbons (Fsp3) is 0.207. The van der Waals surface area contributed by atoms with Crippen molar-refractivity contribution >= 4 is 40.1 Å². The largest absolute Gasteiger partial charge is 0.497 e. The maximum Gasteiger partial charge on any atom is 0.339 e. The normalized spacial score (nSPS) is 13.7. The van der Waals surface area contributed by atoms with Gasteiger partial charge in [0.15, 0.2) is 6.61 Å². The van der Waals surface area contributed by atoms with Crippen molar-refractivity contribution in [2.45, 2.75) is 19.3 Å². The van der Waals surface area contributed by atoms with Crippen LogP contribution in [0.1, 0.15) is 40.2 Å². The van der Waals surface area contributed by atoms with Gasteiger partial charge in [0, 0.05) is 11.5 Å². The van der Waals surface area contributed by atoms with Crippen LogP contribution in [0.3, 0.4) is 0 Å². The van der Waals surface area contributed by atoms with Crippen LogP contribution in [0.15, 0.2) is 65.3 Å². The van der Waals surface area contributed by atoms with Crippen LogP contribution in [0.25, 0.3) is 22.6 Å². The Morgan fingerprint density at radius 1 is 1.05 bits per heavy atom. The number of ether oxygens (including phenoxy) is 3. The molecule has 0 spiro atoms. The lowest BCUT2D eigenvalue weighted by molar-refractivity contribution is -0.119. The quantitative estimate of drug-likeness (QED) is 0.335. The molecule has 1 aliphatic rings. The van der Waals surface area contributed by atoms with Gasteiger partial charge in [0.25, 0.3) is 5.91 Å². The van der Waals surface area contributed by atoms with E-state index < -0.39 is 18.5 Å². The Balaban J connectivity index is 1.43. The molecule has 0 unspecified atom stereocenters. The van der Waals surface area contributed by atoms with Crippen molar-refractivity contribution in [2.24, 2.45) is 0 Å². The maximum absolute atomic E-state index is 13.4. The first-order valence-electron chi connectivity index (χ1n) is 11.9. The number of hydrogen-bond donors (Lipinski definition) is 1. The number of carbonyl (C=O) groups excluding carboxylic acids is 2. The van der Waals surface area contributed by atoms with E-state index in [1.807, 2.05) is 42.5 Å². The van der Waals surface area contributed by atoms with Gasteiger partial charge in [0.1, 0.15) is 17.3 Å². The van der Waals surface area contributed by atoms with E-state index in [0.29, 0.717) is 40.1 Å². The molecule has 2 aromatic heterocycles. The van der Waals surface area contributed by atoms with Crippen molar-refractivity contribution in [3.05, 3.63) is 83.4 Å². The summed E-state index contributed by atoms with van der Waals surface area (Å²) in [5.41, 5.74) is 4.13. The first-order valence-corrected chi connectivity index (χ1v) is 11.9. The number of esters is 1. The van der Waals surface area contributed by atoms with Gasteiger partial charge in [0.2, 0.25) is 0 Å². The van der Waals surface area contributed by atoms with Crippen LogP contribution in [0.2, 0.25) is 0 Å². The number of nitrogens with one attached hydrogen (secondary N) is 1. The van der Waals surface area contributed by atoms with Crippen LogP contribution < -0.4 is 14.8 Å². The minimum atomic E-state index is -0.568. The van der Waals surface area contributed by atoms with E-state index in [1.54, 1.807) is 24.5 Å². The zero-order valence-corrected chi connectivity index (χ0v) is 20.6. The minimum Gasteiger partial charge on any atom is -0.497 e. The number of benzene rings is 2. The second kappa shape index (κ2) is 10.6. The van der Waals surface area contributed by atoms with Crippen molar-refractivity contribution < 1.29 is 28.2 Å². The molecule has 5 rings (SSSR count). The van der Waals surface area contributed by atoms with Gasteiger partial charge >= 0.3 is 5.97 Å². The summed E-state index contributed by atoms with van der Waals surface area (Å²) >= 11 is 0. The molecule has 1 aliphatic carbocycles. The Hall–Kier alpha value is -4.59. The van der Waals surface area contributed by atoms with E-state index in [1.165, 1.54) is 14.2 Å². The van der Waals surface area contributed by atoms with Crippen molar-refractivity contribution in [3.63, 3.8) is 0 Å². The smallest absolute Gasteiger partial charge is 0.339 e. The zero-order valence-electron chi connectivity index (χ0n) is 20.6. The summed E-state index contributed by atoms with van der Waals surface area (Å²) in [4.78, 5) is 31.0. The average molecular weight is 499 g/mol. The number of pyridine rings is 1. The van der Waals surface area contributed by atoms with E-state index >= 15 is 0 Å². The minimum absolute atomic E-state index is 0.419. The van der Waals surface area contributed by atoms with Crippen molar-refractivity contribution in [1.29, 1.82) is 0 Å². The molecule has 0 saturated carbocycles. The Bertz CT molecular complexity index is 1490. The predicted octanol–water partition coefficient (Wildman–Crippen LogP) is 5.52. The van der Waals surface area contributed by atoms with Crippen LogP contribution in [0.4, 0.5) is 5.69 Å². The molecule has 0 fully saturated rings. The molecule has 8 nitrogen and oxygen atoms in total. The van der Waals surface area contributed by atoms with Crippen LogP contribution in [-0.2, 0) is 16.0 Å². The molecule has 1 N–H and O–H groups in total. The average Bonchev–Trinajstić information content (AvgIpc) is 3.44. The molecule has 4 aromatic rings. The van der Waals surface area contributed by atoms with Crippen molar-refractivity contribution in [1.82, 2.24) is 4.98 Å². The highest BCUT2D eigenvalue weighted by Gasteiger charge is 2.26. The number of allylic oxidation sites excluding steroid dienone is 1. The second-order valence-corrected chi connectivity index (χ2v) is 8.56. The number of amides is 1. The lowest BCUT2D eigenvalue weighted by atomic mass is 9.86. The number of anilines is 1. The first kappa shape index (κ1) is 24.1. The van der Waals surface area contributed by atoms with Gasteiger partial charge < -0.3 is 23.9 Å². The number of carbonyl (C=O) groups is 2. The second-order valence-electron chi connectivity index (χ2n) is 8.56. The van der Waals surface area contributed by atoms with Gasteiger partial charge in [-0.25, -0.2) is 9.78 Å².